The quantitative estimate of drug-likeness (QED) is 0.795. The molecule has 0 saturated carbocycles. The van der Waals surface area contributed by atoms with Crippen molar-refractivity contribution >= 4 is 35.5 Å². The van der Waals surface area contributed by atoms with E-state index in [9.17, 15) is 0 Å². The molecule has 2 nitrogen and oxygen atoms in total. The Bertz CT molecular complexity index is 365. The monoisotopic (exact) mass is 244 g/mol. The van der Waals surface area contributed by atoms with E-state index in [-0.39, 0.29) is 18.3 Å². The number of anilines is 1. The maximum atomic E-state index is 7.97. The predicted octanol–water partition coefficient (Wildman–Crippen LogP) is 3.25. The molecule has 1 aliphatic rings. The van der Waals surface area contributed by atoms with Crippen LogP contribution in [-0.2, 0) is 0 Å². The molecule has 15 heavy (non-hydrogen) atoms. The minimum absolute atomic E-state index is 0. The van der Waals surface area contributed by atoms with E-state index in [1.54, 1.807) is 0 Å². The third-order valence-electron chi connectivity index (χ3n) is 2.76. The molecule has 0 amide bonds. The van der Waals surface area contributed by atoms with E-state index in [1.807, 2.05) is 24.1 Å². The number of nitrogens with zero attached hydrogens (tertiary/aromatic N) is 1. The van der Waals surface area contributed by atoms with E-state index >= 15 is 0 Å². The number of para-hydroxylation sites is 1. The van der Waals surface area contributed by atoms with Gasteiger partial charge in [0.15, 0.2) is 0 Å². The second-order valence-corrected chi connectivity index (χ2v) is 3.91. The Morgan fingerprint density at radius 2 is 2.07 bits per heavy atom. The number of likely N-dealkylation sites (N-methyl/N-ethyl adjacent to an activating group) is 1. The van der Waals surface area contributed by atoms with Crippen LogP contribution in [0.4, 0.5) is 5.69 Å². The van der Waals surface area contributed by atoms with Gasteiger partial charge < -0.3 is 4.90 Å². The lowest BCUT2D eigenvalue weighted by molar-refractivity contribution is 0.858. The van der Waals surface area contributed by atoms with Crippen LogP contribution in [-0.4, -0.2) is 18.8 Å². The van der Waals surface area contributed by atoms with Crippen LogP contribution >= 0.6 is 24.0 Å². The van der Waals surface area contributed by atoms with Crippen LogP contribution in [0.25, 0.3) is 0 Å². The summed E-state index contributed by atoms with van der Waals surface area (Å²) in [5.74, 6) is 1.45. The summed E-state index contributed by atoms with van der Waals surface area (Å²) >= 11 is 5.75. The molecule has 1 aromatic rings. The van der Waals surface area contributed by atoms with Gasteiger partial charge in [0.25, 0.3) is 0 Å². The van der Waals surface area contributed by atoms with Crippen molar-refractivity contribution in [2.24, 2.45) is 0 Å². The SMILES string of the molecule is CN1C(=N)C(CCCl)c2ccccc21.Cl. The summed E-state index contributed by atoms with van der Waals surface area (Å²) in [5, 5.41) is 7.97. The summed E-state index contributed by atoms with van der Waals surface area (Å²) < 4.78 is 0. The van der Waals surface area contributed by atoms with Crippen LogP contribution in [0.5, 0.6) is 0 Å². The zero-order valence-corrected chi connectivity index (χ0v) is 10.1. The van der Waals surface area contributed by atoms with Crippen molar-refractivity contribution in [2.45, 2.75) is 12.3 Å². The Balaban J connectivity index is 0.00000112. The molecule has 2 rings (SSSR count). The second-order valence-electron chi connectivity index (χ2n) is 3.53. The average molecular weight is 245 g/mol. The first-order valence-electron chi connectivity index (χ1n) is 4.72. The van der Waals surface area contributed by atoms with Gasteiger partial charge in [0.2, 0.25) is 0 Å². The van der Waals surface area contributed by atoms with E-state index in [0.29, 0.717) is 11.7 Å². The van der Waals surface area contributed by atoms with Crippen LogP contribution < -0.4 is 4.90 Å². The molecule has 1 aliphatic heterocycles. The summed E-state index contributed by atoms with van der Waals surface area (Å²) in [5.41, 5.74) is 2.38. The third kappa shape index (κ3) is 1.97. The number of halogens is 2. The standard InChI is InChI=1S/C11H13ClN2.ClH/c1-14-10-5-3-2-4-8(10)9(6-7-12)11(14)13;/h2-5,9,13H,6-7H2,1H3;1H. The molecule has 0 aromatic heterocycles. The highest BCUT2D eigenvalue weighted by molar-refractivity contribution is 6.18. The van der Waals surface area contributed by atoms with Gasteiger partial charge in [-0.2, -0.15) is 0 Å². The summed E-state index contributed by atoms with van der Waals surface area (Å²) in [6.07, 6.45) is 0.849. The number of fused-ring (bicyclic) bond motifs is 1. The summed E-state index contributed by atoms with van der Waals surface area (Å²) in [4.78, 5) is 1.94. The topological polar surface area (TPSA) is 27.1 Å². The van der Waals surface area contributed by atoms with Crippen molar-refractivity contribution in [3.8, 4) is 0 Å². The molecule has 0 radical (unpaired) electrons. The zero-order valence-electron chi connectivity index (χ0n) is 8.53. The molecule has 4 heteroatoms. The molecule has 0 aliphatic carbocycles. The zero-order chi connectivity index (χ0) is 10.1. The van der Waals surface area contributed by atoms with Crippen molar-refractivity contribution in [2.75, 3.05) is 17.8 Å². The first-order valence-corrected chi connectivity index (χ1v) is 5.26. The average Bonchev–Trinajstić information content (AvgIpc) is 2.45. The van der Waals surface area contributed by atoms with Crippen LogP contribution in [0.1, 0.15) is 17.9 Å². The minimum atomic E-state index is 0. The maximum Gasteiger partial charge on any atom is 0.108 e. The minimum Gasteiger partial charge on any atom is -0.333 e. The fourth-order valence-corrected chi connectivity index (χ4v) is 2.22. The van der Waals surface area contributed by atoms with Gasteiger partial charge >= 0.3 is 0 Å². The molecule has 1 N–H and O–H groups in total. The molecule has 1 unspecified atom stereocenters. The van der Waals surface area contributed by atoms with Crippen LogP contribution in [0.15, 0.2) is 24.3 Å². The Labute approximate surface area is 101 Å². The lowest BCUT2D eigenvalue weighted by Gasteiger charge is -2.13. The van der Waals surface area contributed by atoms with Gasteiger partial charge in [-0.15, -0.1) is 24.0 Å². The van der Waals surface area contributed by atoms with E-state index in [2.05, 4.69) is 12.1 Å². The van der Waals surface area contributed by atoms with Crippen molar-refractivity contribution < 1.29 is 0 Å². The highest BCUT2D eigenvalue weighted by Gasteiger charge is 2.30. The smallest absolute Gasteiger partial charge is 0.108 e. The van der Waals surface area contributed by atoms with Gasteiger partial charge in [-0.3, -0.25) is 5.41 Å². The molecule has 0 saturated heterocycles. The number of hydrogen-bond donors (Lipinski definition) is 1. The number of nitrogens with one attached hydrogen (secondary N) is 1. The highest BCUT2D eigenvalue weighted by atomic mass is 35.5. The van der Waals surface area contributed by atoms with E-state index in [4.69, 9.17) is 17.0 Å². The normalized spacial score (nSPS) is 18.7. The van der Waals surface area contributed by atoms with E-state index in [0.717, 1.165) is 12.1 Å². The van der Waals surface area contributed by atoms with Crippen LogP contribution in [0.3, 0.4) is 0 Å². The Morgan fingerprint density at radius 3 is 2.73 bits per heavy atom. The van der Waals surface area contributed by atoms with Crippen LogP contribution in [0.2, 0.25) is 0 Å². The summed E-state index contributed by atoms with van der Waals surface area (Å²) in [6.45, 7) is 0. The number of alkyl halides is 1. The molecule has 1 aromatic carbocycles. The number of amidine groups is 1. The molecule has 1 atom stereocenters. The second kappa shape index (κ2) is 4.86. The summed E-state index contributed by atoms with van der Waals surface area (Å²) in [6, 6.07) is 8.17. The fourth-order valence-electron chi connectivity index (χ4n) is 2.00. The molecule has 0 fully saturated rings. The highest BCUT2D eigenvalue weighted by Crippen LogP contribution is 2.38. The number of benzene rings is 1. The van der Waals surface area contributed by atoms with Crippen molar-refractivity contribution in [1.29, 1.82) is 5.41 Å². The van der Waals surface area contributed by atoms with Crippen LogP contribution in [0, 0.1) is 5.41 Å². The van der Waals surface area contributed by atoms with Gasteiger partial charge in [-0.05, 0) is 18.1 Å². The number of rotatable bonds is 2. The van der Waals surface area contributed by atoms with E-state index < -0.39 is 0 Å². The maximum absolute atomic E-state index is 7.97. The number of hydrogen-bond acceptors (Lipinski definition) is 1. The van der Waals surface area contributed by atoms with Gasteiger partial charge in [0.1, 0.15) is 5.84 Å². The molecule has 82 valence electrons. The van der Waals surface area contributed by atoms with Gasteiger partial charge in [-0.25, -0.2) is 0 Å². The predicted molar refractivity (Wildman–Crippen MR) is 67.9 cm³/mol. The molecule has 1 heterocycles. The van der Waals surface area contributed by atoms with Gasteiger partial charge in [-0.1, -0.05) is 18.2 Å². The van der Waals surface area contributed by atoms with Gasteiger partial charge in [0, 0.05) is 24.5 Å². The van der Waals surface area contributed by atoms with Crippen molar-refractivity contribution in [3.63, 3.8) is 0 Å². The molecular formula is C11H14Cl2N2. The molecule has 0 bridgehead atoms. The van der Waals surface area contributed by atoms with Crippen molar-refractivity contribution in [1.82, 2.24) is 0 Å². The lowest BCUT2D eigenvalue weighted by Crippen LogP contribution is -2.23. The summed E-state index contributed by atoms with van der Waals surface area (Å²) in [7, 11) is 1.94. The van der Waals surface area contributed by atoms with Gasteiger partial charge in [0.05, 0.1) is 0 Å². The molecular weight excluding hydrogens is 231 g/mol. The Morgan fingerprint density at radius 1 is 1.40 bits per heavy atom. The Hall–Kier alpha value is -0.730. The van der Waals surface area contributed by atoms with E-state index in [1.165, 1.54) is 5.56 Å². The largest absolute Gasteiger partial charge is 0.333 e. The Kier molecular flexibility index (Phi) is 4.00. The first kappa shape index (κ1) is 12.3. The van der Waals surface area contributed by atoms with Crippen molar-refractivity contribution in [3.05, 3.63) is 29.8 Å². The lowest BCUT2D eigenvalue weighted by atomic mass is 9.98. The fraction of sp³-hybridized carbons (Fsp3) is 0.364. The third-order valence-corrected chi connectivity index (χ3v) is 2.98. The molecule has 0 spiro atoms. The first-order chi connectivity index (χ1) is 6.75.